The van der Waals surface area contributed by atoms with Crippen LogP contribution in [0.25, 0.3) is 0 Å². The number of ether oxygens (including phenoxy) is 5. The quantitative estimate of drug-likeness (QED) is 0.202. The van der Waals surface area contributed by atoms with Crippen LogP contribution < -0.4 is 22.9 Å². The summed E-state index contributed by atoms with van der Waals surface area (Å²) in [6.45, 7) is 8.17. The number of rotatable bonds is 15. The number of aliphatic hydroxyl groups is 1. The summed E-state index contributed by atoms with van der Waals surface area (Å²) in [7, 11) is 0. The van der Waals surface area contributed by atoms with Gasteiger partial charge in [-0.3, -0.25) is 0 Å². The highest BCUT2D eigenvalue weighted by Gasteiger charge is 2.50. The summed E-state index contributed by atoms with van der Waals surface area (Å²) in [5.41, 5.74) is 25.3. The monoisotopic (exact) mass is 490 g/mol. The number of hydrogen-bond acceptors (Lipinski definition) is 10. The molecule has 202 valence electrons. The number of unbranched alkanes of at least 4 members (excludes halogenated alkanes) is 3. The van der Waals surface area contributed by atoms with Crippen molar-refractivity contribution in [2.75, 3.05) is 26.4 Å². The van der Waals surface area contributed by atoms with Gasteiger partial charge in [0.25, 0.3) is 0 Å². The summed E-state index contributed by atoms with van der Waals surface area (Å²) in [6.07, 6.45) is 1.72. The summed E-state index contributed by atoms with van der Waals surface area (Å²) in [4.78, 5) is 0. The molecular weight excluding hydrogens is 440 g/mol. The lowest BCUT2D eigenvalue weighted by molar-refractivity contribution is -0.299. The van der Waals surface area contributed by atoms with Crippen molar-refractivity contribution in [3.05, 3.63) is 0 Å². The molecule has 0 spiro atoms. The van der Waals surface area contributed by atoms with E-state index >= 15 is 0 Å². The topological polar surface area (TPSA) is 170 Å². The number of hydrogen-bond donors (Lipinski definition) is 5. The third kappa shape index (κ3) is 8.06. The molecule has 1 saturated heterocycles. The third-order valence-electron chi connectivity index (χ3n) is 6.70. The van der Waals surface area contributed by atoms with E-state index < -0.39 is 55.0 Å². The fraction of sp³-hybridized carbons (Fsp3) is 1.00. The first-order chi connectivity index (χ1) is 16.4. The largest absolute Gasteiger partial charge is 0.388 e. The van der Waals surface area contributed by atoms with Gasteiger partial charge in [-0.2, -0.15) is 0 Å². The van der Waals surface area contributed by atoms with Crippen LogP contribution in [0, 0.1) is 0 Å². The molecule has 1 heterocycles. The molecule has 0 unspecified atom stereocenters. The summed E-state index contributed by atoms with van der Waals surface area (Å²) in [6, 6.07) is -1.50. The summed E-state index contributed by atoms with van der Waals surface area (Å²) in [5, 5.41) is 11.1. The minimum Gasteiger partial charge on any atom is -0.388 e. The Labute approximate surface area is 205 Å². The van der Waals surface area contributed by atoms with E-state index in [0.29, 0.717) is 26.2 Å². The second-order valence-electron chi connectivity index (χ2n) is 9.58. The lowest BCUT2D eigenvalue weighted by Crippen LogP contribution is -2.68. The standard InChI is InChI=1S/C24H50N4O6/c1-4-7-10-30-20-15(26)13-16(27)21(19(20)29)34-24-18(28)23(32-12-9-6-3)22(17(14-25)33-24)31-11-8-5-2/h15-24,29H,4-14,25-28H2,1-3H3/t15-,16+,17-,18-,19-,20+,21-,22-,23-,24-/m1/s1. The molecule has 1 saturated carbocycles. The van der Waals surface area contributed by atoms with Crippen molar-refractivity contribution in [2.45, 2.75) is 127 Å². The first kappa shape index (κ1) is 29.8. The second kappa shape index (κ2) is 15.7. The first-order valence-corrected chi connectivity index (χ1v) is 13.2. The molecule has 0 aromatic carbocycles. The highest BCUT2D eigenvalue weighted by atomic mass is 16.7. The first-order valence-electron chi connectivity index (χ1n) is 13.2. The number of nitrogens with two attached hydrogens (primary N) is 4. The average Bonchev–Trinajstić information content (AvgIpc) is 2.81. The Morgan fingerprint density at radius 1 is 0.765 bits per heavy atom. The molecule has 0 bridgehead atoms. The van der Waals surface area contributed by atoms with Crippen LogP contribution in [0.5, 0.6) is 0 Å². The van der Waals surface area contributed by atoms with Crippen molar-refractivity contribution in [1.29, 1.82) is 0 Å². The zero-order valence-corrected chi connectivity index (χ0v) is 21.3. The van der Waals surface area contributed by atoms with E-state index in [4.69, 9.17) is 46.6 Å². The maximum absolute atomic E-state index is 11.1. The molecule has 1 aliphatic heterocycles. The summed E-state index contributed by atoms with van der Waals surface area (Å²) < 4.78 is 30.6. The van der Waals surface area contributed by atoms with E-state index in [1.165, 1.54) is 0 Å². The van der Waals surface area contributed by atoms with Gasteiger partial charge in [-0.05, 0) is 25.7 Å². The maximum Gasteiger partial charge on any atom is 0.176 e. The lowest BCUT2D eigenvalue weighted by atomic mass is 9.84. The average molecular weight is 491 g/mol. The molecule has 1 aliphatic carbocycles. The molecule has 2 rings (SSSR count). The summed E-state index contributed by atoms with van der Waals surface area (Å²) >= 11 is 0. The van der Waals surface area contributed by atoms with Gasteiger partial charge in [-0.1, -0.05) is 40.0 Å². The van der Waals surface area contributed by atoms with Crippen LogP contribution in [-0.4, -0.2) is 92.5 Å². The van der Waals surface area contributed by atoms with Crippen molar-refractivity contribution in [2.24, 2.45) is 22.9 Å². The van der Waals surface area contributed by atoms with Gasteiger partial charge in [-0.25, -0.2) is 0 Å². The van der Waals surface area contributed by atoms with Crippen LogP contribution in [0.15, 0.2) is 0 Å². The molecule has 9 N–H and O–H groups in total. The number of aliphatic hydroxyl groups excluding tert-OH is 1. The molecule has 0 aromatic rings. The minimum atomic E-state index is -0.999. The maximum atomic E-state index is 11.1. The van der Waals surface area contributed by atoms with Crippen molar-refractivity contribution >= 4 is 0 Å². The Balaban J connectivity index is 2.14. The Morgan fingerprint density at radius 2 is 1.26 bits per heavy atom. The Bertz CT molecular complexity index is 548. The van der Waals surface area contributed by atoms with Crippen molar-refractivity contribution in [3.63, 3.8) is 0 Å². The smallest absolute Gasteiger partial charge is 0.176 e. The van der Waals surface area contributed by atoms with E-state index in [-0.39, 0.29) is 12.6 Å². The fourth-order valence-electron chi connectivity index (χ4n) is 4.57. The molecule has 0 aromatic heterocycles. The van der Waals surface area contributed by atoms with Crippen LogP contribution in [0.1, 0.15) is 65.7 Å². The Morgan fingerprint density at radius 3 is 1.79 bits per heavy atom. The third-order valence-corrected chi connectivity index (χ3v) is 6.70. The predicted molar refractivity (Wildman–Crippen MR) is 131 cm³/mol. The van der Waals surface area contributed by atoms with Gasteiger partial charge in [0.1, 0.15) is 36.6 Å². The predicted octanol–water partition coefficient (Wildman–Crippen LogP) is 0.358. The molecule has 0 amide bonds. The SMILES string of the molecule is CCCCO[C@@H]1[C@@H](N)[C@@H](O[C@H]2[C@H](O)[C@@H](OCCCC)[C@H](N)C[C@@H]2N)O[C@H](CN)[C@H]1OCCCC. The van der Waals surface area contributed by atoms with E-state index in [1.807, 2.05) is 0 Å². The van der Waals surface area contributed by atoms with Crippen LogP contribution in [0.3, 0.4) is 0 Å². The Kier molecular flexibility index (Phi) is 13.7. The molecule has 2 fully saturated rings. The lowest BCUT2D eigenvalue weighted by Gasteiger charge is -2.48. The molecule has 10 atom stereocenters. The second-order valence-corrected chi connectivity index (χ2v) is 9.58. The van der Waals surface area contributed by atoms with Gasteiger partial charge in [-0.15, -0.1) is 0 Å². The molecule has 0 radical (unpaired) electrons. The zero-order chi connectivity index (χ0) is 25.1. The fourth-order valence-corrected chi connectivity index (χ4v) is 4.57. The van der Waals surface area contributed by atoms with Crippen LogP contribution in [0.4, 0.5) is 0 Å². The van der Waals surface area contributed by atoms with E-state index in [9.17, 15) is 5.11 Å². The zero-order valence-electron chi connectivity index (χ0n) is 21.3. The van der Waals surface area contributed by atoms with Crippen molar-refractivity contribution in [3.8, 4) is 0 Å². The van der Waals surface area contributed by atoms with Gasteiger partial charge in [0, 0.05) is 38.4 Å². The normalized spacial score (nSPS) is 38.8. The van der Waals surface area contributed by atoms with Crippen LogP contribution >= 0.6 is 0 Å². The van der Waals surface area contributed by atoms with Gasteiger partial charge < -0.3 is 51.7 Å². The van der Waals surface area contributed by atoms with Gasteiger partial charge in [0.15, 0.2) is 6.29 Å². The van der Waals surface area contributed by atoms with Gasteiger partial charge in [0.2, 0.25) is 0 Å². The van der Waals surface area contributed by atoms with Crippen LogP contribution in [-0.2, 0) is 23.7 Å². The molecule has 34 heavy (non-hydrogen) atoms. The molecule has 2 aliphatic rings. The van der Waals surface area contributed by atoms with Gasteiger partial charge in [0.05, 0.1) is 6.04 Å². The van der Waals surface area contributed by atoms with E-state index in [1.54, 1.807) is 0 Å². The van der Waals surface area contributed by atoms with E-state index in [2.05, 4.69) is 20.8 Å². The Hall–Kier alpha value is -0.400. The summed E-state index contributed by atoms with van der Waals surface area (Å²) in [5.74, 6) is 0. The highest BCUT2D eigenvalue weighted by molar-refractivity contribution is 5.01. The van der Waals surface area contributed by atoms with Gasteiger partial charge >= 0.3 is 0 Å². The molecular formula is C24H50N4O6. The minimum absolute atomic E-state index is 0.226. The van der Waals surface area contributed by atoms with Crippen molar-refractivity contribution < 1.29 is 28.8 Å². The molecule has 10 heteroatoms. The molecule has 10 nitrogen and oxygen atoms in total. The van der Waals surface area contributed by atoms with Crippen LogP contribution in [0.2, 0.25) is 0 Å². The highest BCUT2D eigenvalue weighted by Crippen LogP contribution is 2.30. The van der Waals surface area contributed by atoms with Crippen molar-refractivity contribution in [1.82, 2.24) is 0 Å². The van der Waals surface area contributed by atoms with E-state index in [0.717, 1.165) is 38.5 Å².